The highest BCUT2D eigenvalue weighted by Gasteiger charge is 2.37. The van der Waals surface area contributed by atoms with E-state index in [4.69, 9.17) is 0 Å². The maximum absolute atomic E-state index is 13.3. The number of nitrogens with zero attached hydrogens (tertiary/aromatic N) is 3. The van der Waals surface area contributed by atoms with Crippen molar-refractivity contribution in [1.29, 1.82) is 0 Å². The molecule has 3 rings (SSSR count). The molecule has 2 aromatic heterocycles. The summed E-state index contributed by atoms with van der Waals surface area (Å²) in [5.74, 6) is 0.144. The minimum Gasteiger partial charge on any atom is -0.337 e. The predicted molar refractivity (Wildman–Crippen MR) is 118 cm³/mol. The molecule has 1 aliphatic rings. The fraction of sp³-hybridized carbons (Fsp3) is 0.476. The standard InChI is InChI=1S/C15H14F3N3O2S2.C6H12/c1-3-21-4-5-25(23)11-6-10(24-13(11)14(21)22)12-9(15(16,17)18)7-19-8(2)20-12;1-4-6(3)5-2/h6-7H,3-5H2,1-2H3;4H,5H2,1-3H3/b;6-4+. The molecule has 3 heterocycles. The van der Waals surface area contributed by atoms with E-state index in [0.717, 1.165) is 17.5 Å². The molecule has 31 heavy (non-hydrogen) atoms. The van der Waals surface area contributed by atoms with Gasteiger partial charge in [-0.25, -0.2) is 9.97 Å². The number of hydrogen-bond donors (Lipinski definition) is 0. The number of fused-ring (bicyclic) bond motifs is 1. The highest BCUT2D eigenvalue weighted by atomic mass is 32.2. The quantitative estimate of drug-likeness (QED) is 0.554. The van der Waals surface area contributed by atoms with Crippen molar-refractivity contribution in [3.63, 3.8) is 0 Å². The Morgan fingerprint density at radius 2 is 2.03 bits per heavy atom. The second kappa shape index (κ2) is 10.5. The lowest BCUT2D eigenvalue weighted by molar-refractivity contribution is -0.137. The van der Waals surface area contributed by atoms with Crippen LogP contribution in [-0.2, 0) is 17.0 Å². The molecule has 0 fully saturated rings. The molecule has 1 unspecified atom stereocenters. The zero-order valence-corrected chi connectivity index (χ0v) is 19.8. The zero-order chi connectivity index (χ0) is 23.3. The molecule has 0 saturated carbocycles. The topological polar surface area (TPSA) is 63.2 Å². The number of allylic oxidation sites excluding steroid dienone is 2. The van der Waals surface area contributed by atoms with Crippen molar-refractivity contribution in [2.45, 2.75) is 52.1 Å². The van der Waals surface area contributed by atoms with E-state index in [9.17, 15) is 22.2 Å². The summed E-state index contributed by atoms with van der Waals surface area (Å²) in [6.07, 6.45) is -0.556. The Morgan fingerprint density at radius 1 is 1.35 bits per heavy atom. The Kier molecular flexibility index (Phi) is 8.53. The average Bonchev–Trinajstić information content (AvgIpc) is 3.14. The lowest BCUT2D eigenvalue weighted by Gasteiger charge is -2.17. The Hall–Kier alpha value is -2.07. The van der Waals surface area contributed by atoms with Crippen LogP contribution >= 0.6 is 11.3 Å². The first-order valence-corrected chi connectivity index (χ1v) is 12.0. The zero-order valence-electron chi connectivity index (χ0n) is 18.2. The van der Waals surface area contributed by atoms with Crippen LogP contribution in [0.5, 0.6) is 0 Å². The van der Waals surface area contributed by atoms with Gasteiger partial charge in [0.05, 0.1) is 26.3 Å². The number of hydrogen-bond acceptors (Lipinski definition) is 5. The first kappa shape index (κ1) is 25.2. The molecule has 2 aromatic rings. The summed E-state index contributed by atoms with van der Waals surface area (Å²) in [4.78, 5) is 22.3. The molecule has 1 atom stereocenters. The van der Waals surface area contributed by atoms with Crippen molar-refractivity contribution < 1.29 is 22.2 Å². The lowest BCUT2D eigenvalue weighted by atomic mass is 10.2. The van der Waals surface area contributed by atoms with Crippen LogP contribution in [0.4, 0.5) is 13.2 Å². The molecule has 0 aliphatic carbocycles. The van der Waals surface area contributed by atoms with Gasteiger partial charge in [-0.1, -0.05) is 18.6 Å². The van der Waals surface area contributed by atoms with E-state index < -0.39 is 22.5 Å². The normalized spacial score (nSPS) is 17.0. The summed E-state index contributed by atoms with van der Waals surface area (Å²) in [6, 6.07) is 1.39. The number of amides is 1. The van der Waals surface area contributed by atoms with Gasteiger partial charge < -0.3 is 4.90 Å². The summed E-state index contributed by atoms with van der Waals surface area (Å²) in [6.45, 7) is 10.5. The minimum atomic E-state index is -4.62. The summed E-state index contributed by atoms with van der Waals surface area (Å²) < 4.78 is 52.2. The predicted octanol–water partition coefficient (Wildman–Crippen LogP) is 5.48. The second-order valence-corrected chi connectivity index (χ2v) is 9.50. The lowest BCUT2D eigenvalue weighted by Crippen LogP contribution is -2.31. The van der Waals surface area contributed by atoms with Crippen LogP contribution in [-0.4, -0.2) is 43.8 Å². The molecular formula is C21H26F3N3O2S2. The summed E-state index contributed by atoms with van der Waals surface area (Å²) >= 11 is 0.897. The largest absolute Gasteiger partial charge is 0.420 e. The van der Waals surface area contributed by atoms with Crippen LogP contribution in [0.15, 0.2) is 28.8 Å². The summed E-state index contributed by atoms with van der Waals surface area (Å²) in [5.41, 5.74) is 0.209. The van der Waals surface area contributed by atoms with Crippen LogP contribution in [0.3, 0.4) is 0 Å². The maximum atomic E-state index is 13.3. The van der Waals surface area contributed by atoms with Crippen LogP contribution in [0.1, 0.15) is 55.2 Å². The van der Waals surface area contributed by atoms with Crippen LogP contribution in [0.2, 0.25) is 0 Å². The number of thiophene rings is 1. The Morgan fingerprint density at radius 3 is 2.55 bits per heavy atom. The van der Waals surface area contributed by atoms with E-state index in [1.54, 1.807) is 11.8 Å². The summed E-state index contributed by atoms with van der Waals surface area (Å²) in [5, 5.41) is 0. The number of alkyl halides is 3. The average molecular weight is 474 g/mol. The van der Waals surface area contributed by atoms with Crippen LogP contribution < -0.4 is 0 Å². The molecule has 1 aliphatic heterocycles. The van der Waals surface area contributed by atoms with E-state index in [-0.39, 0.29) is 37.8 Å². The van der Waals surface area contributed by atoms with Crippen LogP contribution in [0.25, 0.3) is 10.6 Å². The minimum absolute atomic E-state index is 0.169. The molecule has 0 radical (unpaired) electrons. The van der Waals surface area contributed by atoms with E-state index >= 15 is 0 Å². The first-order valence-electron chi connectivity index (χ1n) is 9.87. The van der Waals surface area contributed by atoms with Crippen molar-refractivity contribution in [2.75, 3.05) is 18.8 Å². The van der Waals surface area contributed by atoms with Gasteiger partial charge in [-0.05, 0) is 40.2 Å². The molecule has 170 valence electrons. The third-order valence-corrected chi connectivity index (χ3v) is 7.48. The van der Waals surface area contributed by atoms with E-state index in [1.165, 1.54) is 25.0 Å². The Balaban J connectivity index is 0.000000501. The smallest absolute Gasteiger partial charge is 0.337 e. The Bertz CT molecular complexity index is 1000. The third-order valence-electron chi connectivity index (χ3n) is 4.85. The summed E-state index contributed by atoms with van der Waals surface area (Å²) in [7, 11) is -1.44. The fourth-order valence-corrected chi connectivity index (χ4v) is 5.38. The molecule has 0 spiro atoms. The van der Waals surface area contributed by atoms with E-state index in [2.05, 4.69) is 36.8 Å². The molecule has 0 saturated heterocycles. The van der Waals surface area contributed by atoms with Gasteiger partial charge in [0.15, 0.2) is 0 Å². The fourth-order valence-electron chi connectivity index (χ4n) is 2.73. The number of halogens is 3. The van der Waals surface area contributed by atoms with Crippen molar-refractivity contribution in [3.05, 3.63) is 40.2 Å². The van der Waals surface area contributed by atoms with E-state index in [0.29, 0.717) is 13.1 Å². The molecule has 0 bridgehead atoms. The molecule has 0 aromatic carbocycles. The van der Waals surface area contributed by atoms with Gasteiger partial charge in [0.2, 0.25) is 0 Å². The second-order valence-electron chi connectivity index (χ2n) is 6.90. The van der Waals surface area contributed by atoms with E-state index in [1.807, 2.05) is 0 Å². The molecule has 1 amide bonds. The van der Waals surface area contributed by atoms with Gasteiger partial charge >= 0.3 is 6.18 Å². The van der Waals surface area contributed by atoms with Gasteiger partial charge in [0.1, 0.15) is 16.3 Å². The first-order chi connectivity index (χ1) is 14.5. The number of carbonyl (C=O) groups excluding carboxylic acids is 1. The van der Waals surface area contributed by atoms with Gasteiger partial charge in [-0.15, -0.1) is 11.3 Å². The molecule has 5 nitrogen and oxygen atoms in total. The molecular weight excluding hydrogens is 447 g/mol. The third kappa shape index (κ3) is 6.00. The van der Waals surface area contributed by atoms with Gasteiger partial charge in [-0.3, -0.25) is 9.00 Å². The molecule has 0 N–H and O–H groups in total. The van der Waals surface area contributed by atoms with Crippen molar-refractivity contribution in [1.82, 2.24) is 14.9 Å². The van der Waals surface area contributed by atoms with Crippen molar-refractivity contribution in [2.24, 2.45) is 0 Å². The highest BCUT2D eigenvalue weighted by molar-refractivity contribution is 7.85. The van der Waals surface area contributed by atoms with Crippen molar-refractivity contribution in [3.8, 4) is 10.6 Å². The number of aryl methyl sites for hydroxylation is 1. The van der Waals surface area contributed by atoms with Crippen LogP contribution in [0, 0.1) is 6.92 Å². The maximum Gasteiger partial charge on any atom is 0.420 e. The number of rotatable bonds is 3. The van der Waals surface area contributed by atoms with Crippen molar-refractivity contribution >= 4 is 28.0 Å². The SMILES string of the molecule is C/C=C(\C)CC.CCN1CCS(=O)c2cc(-c3nc(C)ncc3C(F)(F)F)sc2C1=O. The number of aromatic nitrogens is 2. The van der Waals surface area contributed by atoms with Gasteiger partial charge in [0, 0.05) is 25.0 Å². The van der Waals surface area contributed by atoms with Gasteiger partial charge in [-0.2, -0.15) is 13.2 Å². The highest BCUT2D eigenvalue weighted by Crippen LogP contribution is 2.40. The monoisotopic (exact) mass is 473 g/mol. The van der Waals surface area contributed by atoms with Gasteiger partial charge in [0.25, 0.3) is 5.91 Å². The number of carbonyl (C=O) groups is 1. The molecule has 10 heteroatoms. The Labute approximate surface area is 186 Å².